The molecule has 0 aromatic heterocycles. The molecule has 0 heterocycles. The van der Waals surface area contributed by atoms with Crippen molar-refractivity contribution < 1.29 is 9.50 Å². The lowest BCUT2D eigenvalue weighted by molar-refractivity contribution is 0.414. The summed E-state index contributed by atoms with van der Waals surface area (Å²) < 4.78 is 13.1. The molecule has 1 aliphatic carbocycles. The Bertz CT molecular complexity index is 433. The van der Waals surface area contributed by atoms with Crippen LogP contribution in [0.3, 0.4) is 0 Å². The molecule has 18 heavy (non-hydrogen) atoms. The fourth-order valence-electron chi connectivity index (χ4n) is 2.21. The van der Waals surface area contributed by atoms with Crippen LogP contribution in [0.1, 0.15) is 32.1 Å². The summed E-state index contributed by atoms with van der Waals surface area (Å²) in [6, 6.07) is 4.71. The maximum absolute atomic E-state index is 13.1. The van der Waals surface area contributed by atoms with Crippen molar-refractivity contribution >= 4 is 23.0 Å². The van der Waals surface area contributed by atoms with Gasteiger partial charge in [-0.3, -0.25) is 0 Å². The van der Waals surface area contributed by atoms with Crippen molar-refractivity contribution in [2.45, 2.75) is 38.1 Å². The Labute approximate surface area is 111 Å². The second-order valence-electron chi connectivity index (χ2n) is 4.57. The Morgan fingerprint density at radius 2 is 2.00 bits per heavy atom. The Morgan fingerprint density at radius 3 is 2.72 bits per heavy atom. The fraction of sp³-hybridized carbons (Fsp3) is 0.462. The number of phenolic OH excluding ortho intramolecular Hbond substituents is 1. The van der Waals surface area contributed by atoms with E-state index in [1.165, 1.54) is 31.4 Å². The Balaban J connectivity index is 1.92. The highest BCUT2D eigenvalue weighted by Gasteiger charge is 2.15. The molecule has 0 aliphatic heterocycles. The van der Waals surface area contributed by atoms with E-state index >= 15 is 0 Å². The summed E-state index contributed by atoms with van der Waals surface area (Å²) in [6.45, 7) is 0. The molecule has 0 bridgehead atoms. The zero-order valence-corrected chi connectivity index (χ0v) is 10.9. The minimum atomic E-state index is -0.652. The van der Waals surface area contributed by atoms with Crippen LogP contribution in [0.4, 0.5) is 10.1 Å². The summed E-state index contributed by atoms with van der Waals surface area (Å²) in [6.07, 6.45) is 5.92. The third-order valence-corrected chi connectivity index (χ3v) is 3.40. The van der Waals surface area contributed by atoms with E-state index in [9.17, 15) is 9.50 Å². The summed E-state index contributed by atoms with van der Waals surface area (Å²) >= 11 is 5.16. The highest BCUT2D eigenvalue weighted by atomic mass is 32.1. The topological polar surface area (TPSA) is 44.3 Å². The predicted molar refractivity (Wildman–Crippen MR) is 74.3 cm³/mol. The van der Waals surface area contributed by atoms with E-state index in [0.29, 0.717) is 16.8 Å². The van der Waals surface area contributed by atoms with Gasteiger partial charge in [0.2, 0.25) is 0 Å². The molecule has 3 nitrogen and oxygen atoms in total. The first kappa shape index (κ1) is 13.1. The van der Waals surface area contributed by atoms with Crippen molar-refractivity contribution in [1.82, 2.24) is 5.32 Å². The molecule has 1 aliphatic rings. The summed E-state index contributed by atoms with van der Waals surface area (Å²) in [5.41, 5.74) is 0.295. The van der Waals surface area contributed by atoms with Crippen molar-refractivity contribution in [2.75, 3.05) is 5.32 Å². The molecule has 2 rings (SSSR count). The summed E-state index contributed by atoms with van der Waals surface area (Å²) in [5.74, 6) is -1.05. The highest BCUT2D eigenvalue weighted by molar-refractivity contribution is 7.80. The normalized spacial score (nSPS) is 16.3. The molecule has 0 atom stereocenters. The standard InChI is InChI=1S/C13H17FN2OS/c14-10-7-4-8-11(12(10)17)16-13(18)15-9-5-2-1-3-6-9/h4,7-9,17H,1-3,5-6H2,(H2,15,16,18). The van der Waals surface area contributed by atoms with Crippen LogP contribution < -0.4 is 10.6 Å². The molecule has 0 saturated heterocycles. The van der Waals surface area contributed by atoms with Crippen LogP contribution in [0.2, 0.25) is 0 Å². The molecule has 0 radical (unpaired) electrons. The largest absolute Gasteiger partial charge is 0.503 e. The minimum absolute atomic E-state index is 0.295. The molecule has 0 unspecified atom stereocenters. The van der Waals surface area contributed by atoms with Crippen LogP contribution in [-0.4, -0.2) is 16.3 Å². The number of benzene rings is 1. The van der Waals surface area contributed by atoms with Gasteiger partial charge in [0.15, 0.2) is 16.7 Å². The zero-order chi connectivity index (χ0) is 13.0. The number of thiocarbonyl (C=S) groups is 1. The van der Waals surface area contributed by atoms with E-state index in [0.717, 1.165) is 12.8 Å². The number of phenols is 1. The molecule has 1 saturated carbocycles. The lowest BCUT2D eigenvalue weighted by Crippen LogP contribution is -2.38. The SMILES string of the molecule is Oc1c(F)cccc1NC(=S)NC1CCCCC1. The van der Waals surface area contributed by atoms with Gasteiger partial charge in [0.25, 0.3) is 0 Å². The molecule has 5 heteroatoms. The second kappa shape index (κ2) is 6.00. The Morgan fingerprint density at radius 1 is 1.28 bits per heavy atom. The van der Waals surface area contributed by atoms with Crippen molar-refractivity contribution in [2.24, 2.45) is 0 Å². The smallest absolute Gasteiger partial charge is 0.175 e. The van der Waals surface area contributed by atoms with Gasteiger partial charge in [-0.15, -0.1) is 0 Å². The van der Waals surface area contributed by atoms with E-state index in [2.05, 4.69) is 10.6 Å². The maximum atomic E-state index is 13.1. The number of anilines is 1. The van der Waals surface area contributed by atoms with Gasteiger partial charge < -0.3 is 15.7 Å². The number of halogens is 1. The number of rotatable bonds is 2. The quantitative estimate of drug-likeness (QED) is 0.569. The average molecular weight is 268 g/mol. The lowest BCUT2D eigenvalue weighted by atomic mass is 9.96. The van der Waals surface area contributed by atoms with E-state index in [1.54, 1.807) is 6.07 Å². The number of aromatic hydroxyl groups is 1. The van der Waals surface area contributed by atoms with E-state index < -0.39 is 11.6 Å². The van der Waals surface area contributed by atoms with Gasteiger partial charge in [0, 0.05) is 6.04 Å². The maximum Gasteiger partial charge on any atom is 0.175 e. The van der Waals surface area contributed by atoms with Crippen molar-refractivity contribution in [3.63, 3.8) is 0 Å². The van der Waals surface area contributed by atoms with Crippen molar-refractivity contribution in [3.05, 3.63) is 24.0 Å². The van der Waals surface area contributed by atoms with E-state index in [-0.39, 0.29) is 0 Å². The first-order chi connectivity index (χ1) is 8.66. The number of para-hydroxylation sites is 1. The lowest BCUT2D eigenvalue weighted by Gasteiger charge is -2.24. The molecule has 0 spiro atoms. The molecular weight excluding hydrogens is 251 g/mol. The molecule has 3 N–H and O–H groups in total. The van der Waals surface area contributed by atoms with Gasteiger partial charge >= 0.3 is 0 Å². The molecule has 1 aromatic carbocycles. The third kappa shape index (κ3) is 3.32. The second-order valence-corrected chi connectivity index (χ2v) is 4.98. The van der Waals surface area contributed by atoms with Gasteiger partial charge in [0.05, 0.1) is 5.69 Å². The van der Waals surface area contributed by atoms with Crippen molar-refractivity contribution in [3.8, 4) is 5.75 Å². The fourth-order valence-corrected chi connectivity index (χ4v) is 2.48. The summed E-state index contributed by atoms with van der Waals surface area (Å²) in [7, 11) is 0. The van der Waals surface area contributed by atoms with Gasteiger partial charge in [-0.2, -0.15) is 0 Å². The summed E-state index contributed by atoms with van der Waals surface area (Å²) in [5, 5.41) is 16.0. The first-order valence-electron chi connectivity index (χ1n) is 6.22. The average Bonchev–Trinajstić information content (AvgIpc) is 2.36. The Kier molecular flexibility index (Phi) is 4.36. The van der Waals surface area contributed by atoms with Crippen LogP contribution in [-0.2, 0) is 0 Å². The van der Waals surface area contributed by atoms with E-state index in [1.807, 2.05) is 0 Å². The zero-order valence-electron chi connectivity index (χ0n) is 10.1. The van der Waals surface area contributed by atoms with Crippen molar-refractivity contribution in [1.29, 1.82) is 0 Å². The van der Waals surface area contributed by atoms with Crippen LogP contribution in [0.5, 0.6) is 5.75 Å². The first-order valence-corrected chi connectivity index (χ1v) is 6.62. The molecule has 1 fully saturated rings. The molecule has 0 amide bonds. The predicted octanol–water partition coefficient (Wildman–Crippen LogP) is 3.15. The Hall–Kier alpha value is -1.36. The van der Waals surface area contributed by atoms with Crippen LogP contribution in [0.25, 0.3) is 0 Å². The van der Waals surface area contributed by atoms with Gasteiger partial charge in [0.1, 0.15) is 0 Å². The number of nitrogens with one attached hydrogen (secondary N) is 2. The molecule has 1 aromatic rings. The molecule has 98 valence electrons. The molecular formula is C13H17FN2OS. The van der Waals surface area contributed by atoms with Gasteiger partial charge in [-0.25, -0.2) is 4.39 Å². The van der Waals surface area contributed by atoms with Crippen LogP contribution in [0.15, 0.2) is 18.2 Å². The highest BCUT2D eigenvalue weighted by Crippen LogP contribution is 2.26. The van der Waals surface area contributed by atoms with Crippen LogP contribution in [0, 0.1) is 5.82 Å². The third-order valence-electron chi connectivity index (χ3n) is 3.18. The van der Waals surface area contributed by atoms with Gasteiger partial charge in [-0.1, -0.05) is 25.3 Å². The van der Waals surface area contributed by atoms with Gasteiger partial charge in [-0.05, 0) is 37.2 Å². The summed E-state index contributed by atoms with van der Waals surface area (Å²) in [4.78, 5) is 0. The number of hydrogen-bond donors (Lipinski definition) is 3. The van der Waals surface area contributed by atoms with E-state index in [4.69, 9.17) is 12.2 Å². The monoisotopic (exact) mass is 268 g/mol. The number of hydrogen-bond acceptors (Lipinski definition) is 2. The van der Waals surface area contributed by atoms with Crippen LogP contribution >= 0.6 is 12.2 Å². The minimum Gasteiger partial charge on any atom is -0.503 e.